The van der Waals surface area contributed by atoms with E-state index >= 15 is 0 Å². The van der Waals surface area contributed by atoms with Gasteiger partial charge < -0.3 is 10.5 Å². The fourth-order valence-corrected chi connectivity index (χ4v) is 2.04. The fourth-order valence-electron chi connectivity index (χ4n) is 1.56. The smallest absolute Gasteiger partial charge is 0.307 e. The molecule has 0 aliphatic carbocycles. The second-order valence-electron chi connectivity index (χ2n) is 3.62. The van der Waals surface area contributed by atoms with E-state index in [2.05, 4.69) is 15.9 Å². The van der Waals surface area contributed by atoms with Crippen LogP contribution in [-0.2, 0) is 9.53 Å². The molecule has 1 unspecified atom stereocenters. The summed E-state index contributed by atoms with van der Waals surface area (Å²) in [5, 5.41) is 0. The van der Waals surface area contributed by atoms with E-state index in [-0.39, 0.29) is 30.8 Å². The van der Waals surface area contributed by atoms with Crippen LogP contribution in [0.5, 0.6) is 0 Å². The maximum Gasteiger partial charge on any atom is 0.307 e. The predicted molar refractivity (Wildman–Crippen MR) is 74.3 cm³/mol. The molecule has 0 saturated carbocycles. The first-order valence-electron chi connectivity index (χ1n) is 5.21. The second kappa shape index (κ2) is 7.69. The highest BCUT2D eigenvalue weighted by molar-refractivity contribution is 9.10. The summed E-state index contributed by atoms with van der Waals surface area (Å²) in [6.07, 6.45) is 0.219. The van der Waals surface area contributed by atoms with Gasteiger partial charge in [0.15, 0.2) is 0 Å². The monoisotopic (exact) mass is 321 g/mol. The molecule has 96 valence electrons. The maximum atomic E-state index is 11.3. The van der Waals surface area contributed by atoms with Crippen LogP contribution < -0.4 is 5.73 Å². The topological polar surface area (TPSA) is 52.3 Å². The molecule has 0 aliphatic rings. The number of aryl methyl sites for hydroxylation is 1. The largest absolute Gasteiger partial charge is 0.466 e. The highest BCUT2D eigenvalue weighted by Gasteiger charge is 2.14. The SMILES string of the molecule is CCOC(=O)CC(N)c1ccc(Br)cc1C.Cl. The summed E-state index contributed by atoms with van der Waals surface area (Å²) in [5.41, 5.74) is 8.02. The molecule has 17 heavy (non-hydrogen) atoms. The second-order valence-corrected chi connectivity index (χ2v) is 4.53. The maximum absolute atomic E-state index is 11.3. The number of esters is 1. The van der Waals surface area contributed by atoms with E-state index in [0.29, 0.717) is 6.61 Å². The van der Waals surface area contributed by atoms with Crippen molar-refractivity contribution in [2.45, 2.75) is 26.3 Å². The molecule has 0 bridgehead atoms. The summed E-state index contributed by atoms with van der Waals surface area (Å²) in [6, 6.07) is 5.55. The number of nitrogens with two attached hydrogens (primary N) is 1. The molecule has 0 aromatic heterocycles. The Bertz CT molecular complexity index is 385. The van der Waals surface area contributed by atoms with Gasteiger partial charge in [-0.2, -0.15) is 0 Å². The van der Waals surface area contributed by atoms with Gasteiger partial charge in [0.2, 0.25) is 0 Å². The van der Waals surface area contributed by atoms with E-state index in [1.165, 1.54) is 0 Å². The first-order chi connectivity index (χ1) is 7.54. The Morgan fingerprint density at radius 2 is 2.18 bits per heavy atom. The minimum Gasteiger partial charge on any atom is -0.466 e. The number of ether oxygens (including phenoxy) is 1. The van der Waals surface area contributed by atoms with E-state index < -0.39 is 0 Å². The predicted octanol–water partition coefficient (Wildman–Crippen LogP) is 3.13. The van der Waals surface area contributed by atoms with Gasteiger partial charge in [0.1, 0.15) is 0 Å². The minimum absolute atomic E-state index is 0. The van der Waals surface area contributed by atoms with Crippen molar-refractivity contribution in [3.63, 3.8) is 0 Å². The van der Waals surface area contributed by atoms with Crippen LogP contribution >= 0.6 is 28.3 Å². The molecule has 5 heteroatoms. The lowest BCUT2D eigenvalue weighted by Gasteiger charge is -2.14. The molecular weight excluding hydrogens is 305 g/mol. The molecule has 0 radical (unpaired) electrons. The van der Waals surface area contributed by atoms with Crippen molar-refractivity contribution in [3.05, 3.63) is 33.8 Å². The van der Waals surface area contributed by atoms with Gasteiger partial charge in [0.05, 0.1) is 13.0 Å². The molecule has 1 atom stereocenters. The highest BCUT2D eigenvalue weighted by atomic mass is 79.9. The third-order valence-corrected chi connectivity index (χ3v) is 2.82. The van der Waals surface area contributed by atoms with Gasteiger partial charge in [-0.05, 0) is 37.1 Å². The van der Waals surface area contributed by atoms with Crippen molar-refractivity contribution in [1.29, 1.82) is 0 Å². The van der Waals surface area contributed by atoms with Gasteiger partial charge in [-0.15, -0.1) is 12.4 Å². The van der Waals surface area contributed by atoms with Crippen LogP contribution in [0.1, 0.15) is 30.5 Å². The van der Waals surface area contributed by atoms with E-state index in [9.17, 15) is 4.79 Å². The number of hydrogen-bond donors (Lipinski definition) is 1. The van der Waals surface area contributed by atoms with Gasteiger partial charge in [0, 0.05) is 10.5 Å². The van der Waals surface area contributed by atoms with Crippen molar-refractivity contribution in [1.82, 2.24) is 0 Å². The van der Waals surface area contributed by atoms with Gasteiger partial charge in [0.25, 0.3) is 0 Å². The van der Waals surface area contributed by atoms with Crippen LogP contribution in [0.2, 0.25) is 0 Å². The Morgan fingerprint density at radius 1 is 1.53 bits per heavy atom. The lowest BCUT2D eigenvalue weighted by atomic mass is 10.00. The summed E-state index contributed by atoms with van der Waals surface area (Å²) in [6.45, 7) is 4.16. The van der Waals surface area contributed by atoms with Crippen molar-refractivity contribution in [3.8, 4) is 0 Å². The Balaban J connectivity index is 0.00000256. The zero-order valence-electron chi connectivity index (χ0n) is 9.90. The molecular formula is C12H17BrClNO2. The average molecular weight is 323 g/mol. The number of benzene rings is 1. The summed E-state index contributed by atoms with van der Waals surface area (Å²) < 4.78 is 5.88. The third-order valence-electron chi connectivity index (χ3n) is 2.32. The van der Waals surface area contributed by atoms with Gasteiger partial charge >= 0.3 is 5.97 Å². The first-order valence-corrected chi connectivity index (χ1v) is 6.01. The normalized spacial score (nSPS) is 11.5. The van der Waals surface area contributed by atoms with Crippen molar-refractivity contribution in [2.75, 3.05) is 6.61 Å². The van der Waals surface area contributed by atoms with Gasteiger partial charge in [-0.25, -0.2) is 0 Å². The molecule has 1 aromatic rings. The summed E-state index contributed by atoms with van der Waals surface area (Å²) in [5.74, 6) is -0.252. The number of carbonyl (C=O) groups excluding carboxylic acids is 1. The van der Waals surface area contributed by atoms with E-state index in [4.69, 9.17) is 10.5 Å². The van der Waals surface area contributed by atoms with Crippen molar-refractivity contribution in [2.24, 2.45) is 5.73 Å². The quantitative estimate of drug-likeness (QED) is 0.867. The Hall–Kier alpha value is -0.580. The van der Waals surface area contributed by atoms with Crippen molar-refractivity contribution >= 4 is 34.3 Å². The molecule has 0 spiro atoms. The Morgan fingerprint density at radius 3 is 2.71 bits per heavy atom. The van der Waals surface area contributed by atoms with Crippen LogP contribution in [-0.4, -0.2) is 12.6 Å². The summed E-state index contributed by atoms with van der Waals surface area (Å²) >= 11 is 3.39. The first kappa shape index (κ1) is 16.4. The van der Waals surface area contributed by atoms with Gasteiger partial charge in [-0.1, -0.05) is 22.0 Å². The lowest BCUT2D eigenvalue weighted by molar-refractivity contribution is -0.143. The van der Waals surface area contributed by atoms with Crippen LogP contribution in [0.25, 0.3) is 0 Å². The molecule has 0 amide bonds. The average Bonchev–Trinajstić information content (AvgIpc) is 2.17. The van der Waals surface area contributed by atoms with E-state index in [1.807, 2.05) is 25.1 Å². The van der Waals surface area contributed by atoms with Gasteiger partial charge in [-0.3, -0.25) is 4.79 Å². The number of halogens is 2. The lowest BCUT2D eigenvalue weighted by Crippen LogP contribution is -2.18. The fraction of sp³-hybridized carbons (Fsp3) is 0.417. The zero-order valence-corrected chi connectivity index (χ0v) is 12.3. The highest BCUT2D eigenvalue weighted by Crippen LogP contribution is 2.22. The zero-order chi connectivity index (χ0) is 12.1. The molecule has 0 heterocycles. The molecule has 0 aliphatic heterocycles. The molecule has 2 N–H and O–H groups in total. The van der Waals surface area contributed by atoms with Crippen LogP contribution in [0.4, 0.5) is 0 Å². The van der Waals surface area contributed by atoms with Crippen molar-refractivity contribution < 1.29 is 9.53 Å². The Labute approximate surface area is 116 Å². The number of hydrogen-bond acceptors (Lipinski definition) is 3. The van der Waals surface area contributed by atoms with Crippen LogP contribution in [0, 0.1) is 6.92 Å². The molecule has 0 fully saturated rings. The van der Waals surface area contributed by atoms with Crippen LogP contribution in [0.3, 0.4) is 0 Å². The number of carbonyl (C=O) groups is 1. The molecule has 0 saturated heterocycles. The molecule has 1 aromatic carbocycles. The molecule has 3 nitrogen and oxygen atoms in total. The summed E-state index contributed by atoms with van der Waals surface area (Å²) in [4.78, 5) is 11.3. The summed E-state index contributed by atoms with van der Waals surface area (Å²) in [7, 11) is 0. The standard InChI is InChI=1S/C12H16BrNO2.ClH/c1-3-16-12(15)7-11(14)10-5-4-9(13)6-8(10)2;/h4-6,11H,3,7,14H2,1-2H3;1H. The molecule has 1 rings (SSSR count). The third kappa shape index (κ3) is 5.06. The van der Waals surface area contributed by atoms with E-state index in [1.54, 1.807) is 6.92 Å². The van der Waals surface area contributed by atoms with E-state index in [0.717, 1.165) is 15.6 Å². The Kier molecular flexibility index (Phi) is 7.43. The number of rotatable bonds is 4. The van der Waals surface area contributed by atoms with Crippen LogP contribution in [0.15, 0.2) is 22.7 Å². The minimum atomic E-state index is -0.299.